The molecule has 84 valence electrons. The molecule has 0 saturated carbocycles. The predicted molar refractivity (Wildman–Crippen MR) is 76.5 cm³/mol. The lowest BCUT2D eigenvalue weighted by atomic mass is 9.89. The van der Waals surface area contributed by atoms with E-state index in [1.54, 1.807) is 29.1 Å². The fourth-order valence-corrected chi connectivity index (χ4v) is 1.90. The van der Waals surface area contributed by atoms with Gasteiger partial charge in [-0.15, -0.1) is 28.3 Å². The molecule has 0 atom stereocenters. The van der Waals surface area contributed by atoms with Gasteiger partial charge in [0.2, 0.25) is 0 Å². The lowest BCUT2D eigenvalue weighted by Gasteiger charge is -2.16. The van der Waals surface area contributed by atoms with Crippen molar-refractivity contribution in [1.82, 2.24) is 4.98 Å². The number of aromatic nitrogens is 1. The number of fused-ring (bicyclic) bond motifs is 2. The minimum absolute atomic E-state index is 0. The fourth-order valence-electron chi connectivity index (χ4n) is 1.44. The molecule has 0 fully saturated rings. The van der Waals surface area contributed by atoms with Crippen molar-refractivity contribution in [3.05, 3.63) is 58.1 Å². The van der Waals surface area contributed by atoms with Gasteiger partial charge in [0.05, 0.1) is 5.51 Å². The maximum atomic E-state index is 3.84. The number of hydrogen-bond acceptors (Lipinski definition) is 2. The summed E-state index contributed by atoms with van der Waals surface area (Å²) in [5, 5.41) is 0. The van der Waals surface area contributed by atoms with E-state index >= 15 is 0 Å². The van der Waals surface area contributed by atoms with Crippen molar-refractivity contribution in [3.63, 3.8) is 0 Å². The third-order valence-corrected chi connectivity index (χ3v) is 3.23. The highest BCUT2D eigenvalue weighted by atomic mass is 79.9. The average Bonchev–Trinajstić information content (AvgIpc) is 2.69. The Morgan fingerprint density at radius 1 is 1.44 bits per heavy atom. The van der Waals surface area contributed by atoms with Crippen LogP contribution in [0.25, 0.3) is 6.08 Å². The molecule has 1 aromatic heterocycles. The Hall–Kier alpha value is -0.930. The number of hydrogen-bond donors (Lipinski definition) is 0. The van der Waals surface area contributed by atoms with E-state index in [1.807, 2.05) is 0 Å². The SMILES string of the molecule is Br.C=Cc1cncs1.Cc1ccc2cc1C2. The van der Waals surface area contributed by atoms with Crippen LogP contribution in [0.5, 0.6) is 0 Å². The Balaban J connectivity index is 0.000000152. The van der Waals surface area contributed by atoms with Gasteiger partial charge in [-0.3, -0.25) is 4.98 Å². The summed E-state index contributed by atoms with van der Waals surface area (Å²) >= 11 is 1.59. The van der Waals surface area contributed by atoms with Crippen molar-refractivity contribution in [2.45, 2.75) is 13.3 Å². The summed E-state index contributed by atoms with van der Waals surface area (Å²) in [4.78, 5) is 4.97. The summed E-state index contributed by atoms with van der Waals surface area (Å²) in [5.41, 5.74) is 6.25. The second kappa shape index (κ2) is 5.97. The number of nitrogens with zero attached hydrogens (tertiary/aromatic N) is 1. The van der Waals surface area contributed by atoms with Crippen molar-refractivity contribution >= 4 is 34.4 Å². The third kappa shape index (κ3) is 3.03. The quantitative estimate of drug-likeness (QED) is 0.653. The number of thiazole rings is 1. The van der Waals surface area contributed by atoms with Gasteiger partial charge in [0.15, 0.2) is 0 Å². The number of halogens is 1. The molecule has 0 spiro atoms. The minimum atomic E-state index is 0. The summed E-state index contributed by atoms with van der Waals surface area (Å²) in [7, 11) is 0. The van der Waals surface area contributed by atoms with E-state index < -0.39 is 0 Å². The van der Waals surface area contributed by atoms with Crippen LogP contribution in [0.4, 0.5) is 0 Å². The Labute approximate surface area is 111 Å². The van der Waals surface area contributed by atoms with Gasteiger partial charge in [0, 0.05) is 11.1 Å². The molecule has 0 saturated heterocycles. The van der Waals surface area contributed by atoms with E-state index in [-0.39, 0.29) is 17.0 Å². The van der Waals surface area contributed by atoms with Crippen LogP contribution in [0.2, 0.25) is 0 Å². The first kappa shape index (κ1) is 13.1. The van der Waals surface area contributed by atoms with Crippen LogP contribution < -0.4 is 0 Å². The summed E-state index contributed by atoms with van der Waals surface area (Å²) in [6.07, 6.45) is 4.80. The first-order valence-corrected chi connectivity index (χ1v) is 5.77. The van der Waals surface area contributed by atoms with E-state index in [0.29, 0.717) is 0 Å². The molecule has 0 aliphatic heterocycles. The van der Waals surface area contributed by atoms with Gasteiger partial charge in [-0.05, 0) is 30.0 Å². The molecule has 3 heteroatoms. The van der Waals surface area contributed by atoms with Gasteiger partial charge >= 0.3 is 0 Å². The molecule has 16 heavy (non-hydrogen) atoms. The van der Waals surface area contributed by atoms with Gasteiger partial charge in [-0.2, -0.15) is 0 Å². The third-order valence-electron chi connectivity index (χ3n) is 2.46. The second-order valence-electron chi connectivity index (χ2n) is 3.55. The van der Waals surface area contributed by atoms with E-state index in [2.05, 4.69) is 36.7 Å². The molecule has 4 rings (SSSR count). The van der Waals surface area contributed by atoms with Crippen molar-refractivity contribution in [3.8, 4) is 0 Å². The summed E-state index contributed by atoms with van der Waals surface area (Å²) < 4.78 is 0. The van der Waals surface area contributed by atoms with Gasteiger partial charge < -0.3 is 0 Å². The maximum absolute atomic E-state index is 3.84. The van der Waals surface area contributed by atoms with E-state index in [4.69, 9.17) is 0 Å². The largest absolute Gasteiger partial charge is 0.253 e. The summed E-state index contributed by atoms with van der Waals surface area (Å²) in [6.45, 7) is 5.74. The molecule has 2 aliphatic carbocycles. The van der Waals surface area contributed by atoms with Crippen LogP contribution in [0.1, 0.15) is 21.6 Å². The number of benzene rings is 1. The first-order chi connectivity index (χ1) is 7.29. The van der Waals surface area contributed by atoms with E-state index in [0.717, 1.165) is 4.88 Å². The zero-order valence-corrected chi connectivity index (χ0v) is 11.7. The van der Waals surface area contributed by atoms with Crippen LogP contribution in [0.15, 0.2) is 36.5 Å². The highest BCUT2D eigenvalue weighted by Crippen LogP contribution is 2.23. The fraction of sp³-hybridized carbons (Fsp3) is 0.154. The average molecular weight is 296 g/mol. The lowest BCUT2D eigenvalue weighted by Crippen LogP contribution is -2.02. The molecule has 1 heterocycles. The van der Waals surface area contributed by atoms with Crippen molar-refractivity contribution < 1.29 is 0 Å². The monoisotopic (exact) mass is 295 g/mol. The molecule has 0 unspecified atom stereocenters. The molecule has 1 aromatic carbocycles. The summed E-state index contributed by atoms with van der Waals surface area (Å²) in [5.74, 6) is 0. The predicted octanol–water partition coefficient (Wildman–Crippen LogP) is 4.26. The Kier molecular flexibility index (Phi) is 4.90. The molecule has 2 aliphatic rings. The van der Waals surface area contributed by atoms with Crippen LogP contribution in [0, 0.1) is 6.92 Å². The van der Waals surface area contributed by atoms with Crippen LogP contribution in [-0.4, -0.2) is 4.98 Å². The van der Waals surface area contributed by atoms with Gasteiger partial charge in [-0.1, -0.05) is 30.9 Å². The molecule has 0 radical (unpaired) electrons. The van der Waals surface area contributed by atoms with Crippen molar-refractivity contribution in [1.29, 1.82) is 0 Å². The molecular weight excluding hydrogens is 282 g/mol. The molecule has 1 nitrogen and oxygen atoms in total. The van der Waals surface area contributed by atoms with Crippen molar-refractivity contribution in [2.75, 3.05) is 0 Å². The molecule has 0 amide bonds. The normalized spacial score (nSPS) is 10.3. The zero-order valence-electron chi connectivity index (χ0n) is 9.14. The highest BCUT2D eigenvalue weighted by Gasteiger charge is 2.09. The van der Waals surface area contributed by atoms with Gasteiger partial charge in [-0.25, -0.2) is 0 Å². The van der Waals surface area contributed by atoms with Crippen LogP contribution >= 0.6 is 28.3 Å². The number of aryl methyl sites for hydroxylation is 1. The van der Waals surface area contributed by atoms with E-state index in [9.17, 15) is 0 Å². The van der Waals surface area contributed by atoms with Crippen LogP contribution in [0.3, 0.4) is 0 Å². The van der Waals surface area contributed by atoms with Crippen LogP contribution in [-0.2, 0) is 6.42 Å². The summed E-state index contributed by atoms with van der Waals surface area (Å²) in [6, 6.07) is 6.64. The molecular formula is C13H14BrNS. The lowest BCUT2D eigenvalue weighted by molar-refractivity contribution is 1.06. The van der Waals surface area contributed by atoms with E-state index in [1.165, 1.54) is 23.1 Å². The van der Waals surface area contributed by atoms with Crippen molar-refractivity contribution in [2.24, 2.45) is 0 Å². The molecule has 0 N–H and O–H groups in total. The van der Waals surface area contributed by atoms with Gasteiger partial charge in [0.1, 0.15) is 0 Å². The molecule has 2 aromatic rings. The zero-order chi connectivity index (χ0) is 10.7. The Morgan fingerprint density at radius 2 is 2.19 bits per heavy atom. The van der Waals surface area contributed by atoms with Gasteiger partial charge in [0.25, 0.3) is 0 Å². The highest BCUT2D eigenvalue weighted by molar-refractivity contribution is 8.93. The Morgan fingerprint density at radius 3 is 2.44 bits per heavy atom. The Bertz CT molecular complexity index is 454. The minimum Gasteiger partial charge on any atom is -0.253 e. The maximum Gasteiger partial charge on any atom is 0.0797 e. The number of rotatable bonds is 1. The molecule has 2 bridgehead atoms. The standard InChI is InChI=1S/C8H8.C5H5NS.BrH/c1-6-2-3-7-4-8(6)5-7;1-2-5-3-6-4-7-5;/h2-4H,5H2,1H3;2-4H,1H2;1H. The second-order valence-corrected chi connectivity index (χ2v) is 4.46. The topological polar surface area (TPSA) is 12.9 Å². The smallest absolute Gasteiger partial charge is 0.0797 e. The first-order valence-electron chi connectivity index (χ1n) is 4.89.